The van der Waals surface area contributed by atoms with Gasteiger partial charge >= 0.3 is 0 Å². The molecule has 1 amide bonds. The molecule has 4 rings (SSSR count). The van der Waals surface area contributed by atoms with Crippen LogP contribution in [-0.4, -0.2) is 15.3 Å². The standard InChI is InChI=1S/C17H20ClN3O/c18-14-3-4-16-20-15(10-21(16)9-14)8-19-17(22)7-13-6-11-1-2-12(13)5-11/h3-4,9-13H,1-2,5-8H2,(H,19,22). The van der Waals surface area contributed by atoms with Crippen molar-refractivity contribution in [3.05, 3.63) is 35.2 Å². The summed E-state index contributed by atoms with van der Waals surface area (Å²) in [5.41, 5.74) is 1.71. The van der Waals surface area contributed by atoms with Crippen molar-refractivity contribution >= 4 is 23.2 Å². The summed E-state index contributed by atoms with van der Waals surface area (Å²) >= 11 is 5.96. The minimum Gasteiger partial charge on any atom is -0.350 e. The number of aromatic nitrogens is 2. The van der Waals surface area contributed by atoms with Gasteiger partial charge in [-0.05, 0) is 49.1 Å². The zero-order valence-electron chi connectivity index (χ0n) is 12.5. The van der Waals surface area contributed by atoms with Gasteiger partial charge in [-0.25, -0.2) is 4.98 Å². The summed E-state index contributed by atoms with van der Waals surface area (Å²) in [5.74, 6) is 2.46. The second-order valence-corrected chi connectivity index (χ2v) is 7.20. The lowest BCUT2D eigenvalue weighted by Gasteiger charge is -2.20. The van der Waals surface area contributed by atoms with E-state index in [2.05, 4.69) is 10.3 Å². The highest BCUT2D eigenvalue weighted by Gasteiger charge is 2.39. The summed E-state index contributed by atoms with van der Waals surface area (Å²) in [6.45, 7) is 0.485. The van der Waals surface area contributed by atoms with Crippen LogP contribution in [0, 0.1) is 17.8 Å². The lowest BCUT2D eigenvalue weighted by atomic mass is 9.86. The number of hydrogen-bond acceptors (Lipinski definition) is 2. The largest absolute Gasteiger partial charge is 0.350 e. The number of amides is 1. The Bertz CT molecular complexity index is 711. The van der Waals surface area contributed by atoms with Crippen LogP contribution in [-0.2, 0) is 11.3 Å². The first kappa shape index (κ1) is 14.1. The molecule has 2 heterocycles. The average molecular weight is 318 g/mol. The third-order valence-electron chi connectivity index (χ3n) is 5.26. The number of nitrogens with one attached hydrogen (secondary N) is 1. The first-order valence-electron chi connectivity index (χ1n) is 8.07. The molecule has 5 heteroatoms. The summed E-state index contributed by atoms with van der Waals surface area (Å²) in [7, 11) is 0. The van der Waals surface area contributed by atoms with Gasteiger partial charge in [0.2, 0.25) is 5.91 Å². The molecule has 3 unspecified atom stereocenters. The average Bonchev–Trinajstić information content (AvgIpc) is 3.18. The Balaban J connectivity index is 1.34. The maximum atomic E-state index is 12.2. The molecule has 2 bridgehead atoms. The third kappa shape index (κ3) is 2.72. The van der Waals surface area contributed by atoms with Crippen LogP contribution in [0.2, 0.25) is 5.02 Å². The van der Waals surface area contributed by atoms with Crippen molar-refractivity contribution in [1.29, 1.82) is 0 Å². The van der Waals surface area contributed by atoms with E-state index in [0.717, 1.165) is 23.2 Å². The van der Waals surface area contributed by atoms with Crippen LogP contribution in [0.3, 0.4) is 0 Å². The van der Waals surface area contributed by atoms with Crippen LogP contribution in [0.1, 0.15) is 37.8 Å². The fourth-order valence-electron chi connectivity index (χ4n) is 4.23. The van der Waals surface area contributed by atoms with Crippen molar-refractivity contribution in [3.63, 3.8) is 0 Å². The topological polar surface area (TPSA) is 46.4 Å². The van der Waals surface area contributed by atoms with Crippen LogP contribution in [0.5, 0.6) is 0 Å². The molecule has 22 heavy (non-hydrogen) atoms. The highest BCUT2D eigenvalue weighted by molar-refractivity contribution is 6.30. The van der Waals surface area contributed by atoms with Crippen molar-refractivity contribution in [2.75, 3.05) is 0 Å². The highest BCUT2D eigenvalue weighted by Crippen LogP contribution is 2.49. The van der Waals surface area contributed by atoms with Gasteiger partial charge in [0.15, 0.2) is 0 Å². The second kappa shape index (κ2) is 5.58. The van der Waals surface area contributed by atoms with E-state index in [-0.39, 0.29) is 5.91 Å². The number of rotatable bonds is 4. The molecule has 0 aliphatic heterocycles. The summed E-state index contributed by atoms with van der Waals surface area (Å²) in [6, 6.07) is 3.70. The van der Waals surface area contributed by atoms with Crippen molar-refractivity contribution in [3.8, 4) is 0 Å². The summed E-state index contributed by atoms with van der Waals surface area (Å²) in [5, 5.41) is 3.69. The fourth-order valence-corrected chi connectivity index (χ4v) is 4.40. The van der Waals surface area contributed by atoms with Gasteiger partial charge in [0.25, 0.3) is 0 Å². The molecular formula is C17H20ClN3O. The zero-order chi connectivity index (χ0) is 15.1. The number of carbonyl (C=O) groups excluding carboxylic acids is 1. The Labute approximate surface area is 134 Å². The number of nitrogens with zero attached hydrogens (tertiary/aromatic N) is 2. The van der Waals surface area contributed by atoms with Crippen LogP contribution in [0.15, 0.2) is 24.5 Å². The quantitative estimate of drug-likeness (QED) is 0.939. The molecule has 1 N–H and O–H groups in total. The predicted octanol–water partition coefficient (Wildman–Crippen LogP) is 3.43. The van der Waals surface area contributed by atoms with Gasteiger partial charge in [-0.1, -0.05) is 18.0 Å². The monoisotopic (exact) mass is 317 g/mol. The molecule has 2 aliphatic carbocycles. The Morgan fingerprint density at radius 2 is 2.23 bits per heavy atom. The lowest BCUT2D eigenvalue weighted by molar-refractivity contribution is -0.122. The molecule has 2 aromatic rings. The van der Waals surface area contributed by atoms with E-state index in [1.54, 1.807) is 0 Å². The van der Waals surface area contributed by atoms with E-state index < -0.39 is 0 Å². The van der Waals surface area contributed by atoms with Gasteiger partial charge in [-0.15, -0.1) is 0 Å². The SMILES string of the molecule is O=C(CC1CC2CCC1C2)NCc1cn2cc(Cl)ccc2n1. The van der Waals surface area contributed by atoms with Gasteiger partial charge < -0.3 is 9.72 Å². The molecule has 2 fully saturated rings. The summed E-state index contributed by atoms with van der Waals surface area (Å²) in [6.07, 6.45) is 9.74. The number of fused-ring (bicyclic) bond motifs is 3. The van der Waals surface area contributed by atoms with Crippen LogP contribution >= 0.6 is 11.6 Å². The van der Waals surface area contributed by atoms with E-state index in [4.69, 9.17) is 11.6 Å². The number of carbonyl (C=O) groups is 1. The summed E-state index contributed by atoms with van der Waals surface area (Å²) in [4.78, 5) is 16.6. The van der Waals surface area contributed by atoms with E-state index >= 15 is 0 Å². The number of hydrogen-bond donors (Lipinski definition) is 1. The maximum Gasteiger partial charge on any atom is 0.220 e. The number of halogens is 1. The minimum atomic E-state index is 0.160. The first-order chi connectivity index (χ1) is 10.7. The maximum absolute atomic E-state index is 12.2. The number of pyridine rings is 1. The van der Waals surface area contributed by atoms with Gasteiger partial charge in [-0.2, -0.15) is 0 Å². The molecule has 4 nitrogen and oxygen atoms in total. The van der Waals surface area contributed by atoms with Crippen LogP contribution in [0.25, 0.3) is 5.65 Å². The molecule has 0 aromatic carbocycles. The van der Waals surface area contributed by atoms with Crippen molar-refractivity contribution < 1.29 is 4.79 Å². The zero-order valence-corrected chi connectivity index (χ0v) is 13.2. The smallest absolute Gasteiger partial charge is 0.220 e. The summed E-state index contributed by atoms with van der Waals surface area (Å²) < 4.78 is 1.89. The fraction of sp³-hybridized carbons (Fsp3) is 0.529. The Kier molecular flexibility index (Phi) is 3.57. The van der Waals surface area contributed by atoms with Gasteiger partial charge in [-0.3, -0.25) is 4.79 Å². The predicted molar refractivity (Wildman–Crippen MR) is 85.6 cm³/mol. The van der Waals surface area contributed by atoms with E-state index in [0.29, 0.717) is 23.9 Å². The van der Waals surface area contributed by atoms with Crippen LogP contribution in [0.4, 0.5) is 0 Å². The van der Waals surface area contributed by atoms with Gasteiger partial charge in [0.05, 0.1) is 17.3 Å². The Hall–Kier alpha value is -1.55. The van der Waals surface area contributed by atoms with Gasteiger partial charge in [0.1, 0.15) is 5.65 Å². The molecule has 0 radical (unpaired) electrons. The Morgan fingerprint density at radius 1 is 1.32 bits per heavy atom. The minimum absolute atomic E-state index is 0.160. The molecule has 2 aromatic heterocycles. The second-order valence-electron chi connectivity index (χ2n) is 6.76. The molecule has 0 spiro atoms. The lowest BCUT2D eigenvalue weighted by Crippen LogP contribution is -2.27. The molecule has 0 saturated heterocycles. The molecule has 3 atom stereocenters. The third-order valence-corrected chi connectivity index (χ3v) is 5.49. The van der Waals surface area contributed by atoms with Crippen molar-refractivity contribution in [2.45, 2.75) is 38.6 Å². The Morgan fingerprint density at radius 3 is 3.00 bits per heavy atom. The molecule has 2 aliphatic rings. The highest BCUT2D eigenvalue weighted by atomic mass is 35.5. The van der Waals surface area contributed by atoms with Gasteiger partial charge in [0, 0.05) is 18.8 Å². The molecule has 2 saturated carbocycles. The number of imidazole rings is 1. The van der Waals surface area contributed by atoms with E-state index in [9.17, 15) is 4.79 Å². The normalized spacial score (nSPS) is 26.7. The first-order valence-corrected chi connectivity index (χ1v) is 8.45. The molecular weight excluding hydrogens is 298 g/mol. The van der Waals surface area contributed by atoms with Crippen LogP contribution < -0.4 is 5.32 Å². The molecule has 116 valence electrons. The van der Waals surface area contributed by atoms with Crippen molar-refractivity contribution in [1.82, 2.24) is 14.7 Å². The van der Waals surface area contributed by atoms with E-state index in [1.165, 1.54) is 25.7 Å². The van der Waals surface area contributed by atoms with Crippen molar-refractivity contribution in [2.24, 2.45) is 17.8 Å². The van der Waals surface area contributed by atoms with E-state index in [1.807, 2.05) is 28.9 Å².